The van der Waals surface area contributed by atoms with Gasteiger partial charge in [0, 0.05) is 18.5 Å². The maximum absolute atomic E-state index is 11.2. The second kappa shape index (κ2) is 5.83. The van der Waals surface area contributed by atoms with Gasteiger partial charge in [-0.2, -0.15) is 0 Å². The molecule has 1 heterocycles. The molecule has 1 aromatic carbocycles. The largest absolute Gasteiger partial charge is 0.465 e. The molecule has 0 bridgehead atoms. The van der Waals surface area contributed by atoms with Crippen molar-refractivity contribution in [3.8, 4) is 0 Å². The van der Waals surface area contributed by atoms with Crippen molar-refractivity contribution >= 4 is 6.09 Å². The van der Waals surface area contributed by atoms with Gasteiger partial charge in [-0.05, 0) is 11.0 Å². The average Bonchev–Trinajstić information content (AvgIpc) is 2.31. The van der Waals surface area contributed by atoms with Crippen LogP contribution in [0.15, 0.2) is 30.3 Å². The fourth-order valence-corrected chi connectivity index (χ4v) is 3.00. The van der Waals surface area contributed by atoms with Crippen LogP contribution in [0.5, 0.6) is 0 Å². The number of amides is 1. The molecule has 2 rings (SSSR count). The summed E-state index contributed by atoms with van der Waals surface area (Å²) in [5.41, 5.74) is 1.09. The van der Waals surface area contributed by atoms with E-state index in [-0.39, 0.29) is 17.4 Å². The number of likely N-dealkylation sites (tertiary alicyclic amines) is 1. The molecule has 0 aromatic heterocycles. The van der Waals surface area contributed by atoms with Crippen LogP contribution in [-0.4, -0.2) is 35.3 Å². The highest BCUT2D eigenvalue weighted by atomic mass is 16.5. The maximum Gasteiger partial charge on any atom is 0.407 e. The predicted molar refractivity (Wildman–Crippen MR) is 77.6 cm³/mol. The minimum Gasteiger partial charge on any atom is -0.465 e. The molecule has 0 aliphatic carbocycles. The molecule has 1 saturated heterocycles. The van der Waals surface area contributed by atoms with Crippen molar-refractivity contribution in [1.29, 1.82) is 0 Å². The average molecular weight is 277 g/mol. The van der Waals surface area contributed by atoms with Crippen molar-refractivity contribution in [3.63, 3.8) is 0 Å². The van der Waals surface area contributed by atoms with Crippen molar-refractivity contribution in [2.24, 2.45) is 11.3 Å². The van der Waals surface area contributed by atoms with E-state index < -0.39 is 6.09 Å². The molecular weight excluding hydrogens is 254 g/mol. The summed E-state index contributed by atoms with van der Waals surface area (Å²) < 4.78 is 5.76. The molecule has 20 heavy (non-hydrogen) atoms. The lowest BCUT2D eigenvalue weighted by Gasteiger charge is -2.52. The first-order valence-corrected chi connectivity index (χ1v) is 7.01. The Kier molecular flexibility index (Phi) is 4.33. The molecule has 0 spiro atoms. The molecule has 1 amide bonds. The molecule has 1 N–H and O–H groups in total. The van der Waals surface area contributed by atoms with Gasteiger partial charge in [0.05, 0.1) is 13.2 Å². The van der Waals surface area contributed by atoms with E-state index in [2.05, 4.69) is 20.8 Å². The summed E-state index contributed by atoms with van der Waals surface area (Å²) in [5, 5.41) is 9.17. The monoisotopic (exact) mass is 277 g/mol. The van der Waals surface area contributed by atoms with Crippen LogP contribution < -0.4 is 0 Å². The molecule has 1 aliphatic rings. The minimum atomic E-state index is -0.829. The Morgan fingerprint density at radius 2 is 2.00 bits per heavy atom. The summed E-state index contributed by atoms with van der Waals surface area (Å²) >= 11 is 0. The summed E-state index contributed by atoms with van der Waals surface area (Å²) in [4.78, 5) is 12.7. The van der Waals surface area contributed by atoms with Crippen LogP contribution >= 0.6 is 0 Å². The van der Waals surface area contributed by atoms with Crippen molar-refractivity contribution in [1.82, 2.24) is 4.90 Å². The first kappa shape index (κ1) is 14.9. The van der Waals surface area contributed by atoms with Crippen LogP contribution in [0.4, 0.5) is 4.79 Å². The lowest BCUT2D eigenvalue weighted by atomic mass is 9.72. The van der Waals surface area contributed by atoms with E-state index in [0.29, 0.717) is 19.8 Å². The number of nitrogens with zero attached hydrogens (tertiary/aromatic N) is 1. The van der Waals surface area contributed by atoms with E-state index in [0.717, 1.165) is 5.56 Å². The third-order valence-electron chi connectivity index (χ3n) is 3.79. The van der Waals surface area contributed by atoms with E-state index >= 15 is 0 Å². The minimum absolute atomic E-state index is 0.0378. The standard InChI is InChI=1S/C16H23NO3/c1-16(2,3)14-13(9-17(14)15(18)19)11-20-10-12-7-5-4-6-8-12/h4-8,13-14H,9-11H2,1-3H3,(H,18,19). The zero-order chi connectivity index (χ0) is 14.8. The van der Waals surface area contributed by atoms with Crippen LogP contribution in [0, 0.1) is 11.3 Å². The fourth-order valence-electron chi connectivity index (χ4n) is 3.00. The van der Waals surface area contributed by atoms with E-state index in [1.807, 2.05) is 30.3 Å². The van der Waals surface area contributed by atoms with E-state index in [1.54, 1.807) is 0 Å². The summed E-state index contributed by atoms with van der Waals surface area (Å²) in [6.45, 7) is 8.01. The zero-order valence-corrected chi connectivity index (χ0v) is 12.4. The Labute approximate surface area is 120 Å². The van der Waals surface area contributed by atoms with Gasteiger partial charge >= 0.3 is 6.09 Å². The second-order valence-corrected chi connectivity index (χ2v) is 6.51. The number of benzene rings is 1. The van der Waals surface area contributed by atoms with E-state index in [1.165, 1.54) is 4.90 Å². The normalized spacial score (nSPS) is 22.4. The van der Waals surface area contributed by atoms with Crippen molar-refractivity contribution in [2.75, 3.05) is 13.2 Å². The highest BCUT2D eigenvalue weighted by Gasteiger charge is 2.48. The van der Waals surface area contributed by atoms with E-state index in [4.69, 9.17) is 4.74 Å². The number of ether oxygens (including phenoxy) is 1. The van der Waals surface area contributed by atoms with E-state index in [9.17, 15) is 9.90 Å². The molecule has 4 nitrogen and oxygen atoms in total. The Balaban J connectivity index is 1.86. The lowest BCUT2D eigenvalue weighted by molar-refractivity contribution is -0.0728. The van der Waals surface area contributed by atoms with Gasteiger partial charge in [-0.1, -0.05) is 51.1 Å². The third kappa shape index (κ3) is 3.31. The molecule has 2 atom stereocenters. The fraction of sp³-hybridized carbons (Fsp3) is 0.562. The van der Waals surface area contributed by atoms with Gasteiger partial charge in [-0.15, -0.1) is 0 Å². The predicted octanol–water partition coefficient (Wildman–Crippen LogP) is 3.23. The van der Waals surface area contributed by atoms with Gasteiger partial charge in [0.25, 0.3) is 0 Å². The number of hydrogen-bond donors (Lipinski definition) is 1. The molecule has 110 valence electrons. The van der Waals surface area contributed by atoms with Crippen LogP contribution in [0.1, 0.15) is 26.3 Å². The Morgan fingerprint density at radius 3 is 2.55 bits per heavy atom. The first-order valence-electron chi connectivity index (χ1n) is 7.01. The molecular formula is C16H23NO3. The molecule has 2 unspecified atom stereocenters. The summed E-state index contributed by atoms with van der Waals surface area (Å²) in [6, 6.07) is 10.1. The Hall–Kier alpha value is -1.55. The number of carboxylic acid groups (broad SMARTS) is 1. The smallest absolute Gasteiger partial charge is 0.407 e. The third-order valence-corrected chi connectivity index (χ3v) is 3.79. The van der Waals surface area contributed by atoms with Gasteiger partial charge in [-0.3, -0.25) is 0 Å². The maximum atomic E-state index is 11.2. The Morgan fingerprint density at radius 1 is 1.35 bits per heavy atom. The Bertz CT molecular complexity index is 453. The molecule has 0 saturated carbocycles. The summed E-state index contributed by atoms with van der Waals surface area (Å²) in [5.74, 6) is 0.287. The zero-order valence-electron chi connectivity index (χ0n) is 12.4. The number of hydrogen-bond acceptors (Lipinski definition) is 2. The second-order valence-electron chi connectivity index (χ2n) is 6.51. The van der Waals surface area contributed by atoms with Gasteiger partial charge in [0.15, 0.2) is 0 Å². The molecule has 0 radical (unpaired) electrons. The lowest BCUT2D eigenvalue weighted by Crippen LogP contribution is -2.64. The first-order chi connectivity index (χ1) is 9.39. The highest BCUT2D eigenvalue weighted by molar-refractivity contribution is 5.67. The van der Waals surface area contributed by atoms with Crippen LogP contribution in [0.2, 0.25) is 0 Å². The SMILES string of the molecule is CC(C)(C)C1C(COCc2ccccc2)CN1C(=O)O. The van der Waals surface area contributed by atoms with Crippen LogP contribution in [0.3, 0.4) is 0 Å². The van der Waals surface area contributed by atoms with Gasteiger partial charge < -0.3 is 14.7 Å². The number of rotatable bonds is 4. The molecule has 4 heteroatoms. The van der Waals surface area contributed by atoms with Gasteiger partial charge in [-0.25, -0.2) is 4.79 Å². The van der Waals surface area contributed by atoms with Crippen molar-refractivity contribution < 1.29 is 14.6 Å². The van der Waals surface area contributed by atoms with Crippen LogP contribution in [0.25, 0.3) is 0 Å². The van der Waals surface area contributed by atoms with Gasteiger partial charge in [0.1, 0.15) is 0 Å². The number of carbonyl (C=O) groups is 1. The summed E-state index contributed by atoms with van der Waals surface area (Å²) in [7, 11) is 0. The molecule has 1 aromatic rings. The van der Waals surface area contributed by atoms with Crippen LogP contribution in [-0.2, 0) is 11.3 Å². The summed E-state index contributed by atoms with van der Waals surface area (Å²) in [6.07, 6.45) is -0.829. The molecule has 1 aliphatic heterocycles. The topological polar surface area (TPSA) is 49.8 Å². The molecule has 1 fully saturated rings. The van der Waals surface area contributed by atoms with Crippen molar-refractivity contribution in [2.45, 2.75) is 33.4 Å². The van der Waals surface area contributed by atoms with Gasteiger partial charge in [0.2, 0.25) is 0 Å². The quantitative estimate of drug-likeness (QED) is 0.919. The van der Waals surface area contributed by atoms with Crippen molar-refractivity contribution in [3.05, 3.63) is 35.9 Å². The highest BCUT2D eigenvalue weighted by Crippen LogP contribution is 2.38.